The Balaban J connectivity index is 1.35. The number of carbonyl (C=O) groups excluding carboxylic acids is 2. The highest BCUT2D eigenvalue weighted by molar-refractivity contribution is 6.31. The number of carbonyl (C=O) groups is 2. The largest absolute Gasteiger partial charge is 0.436 e. The third kappa shape index (κ3) is 3.09. The van der Waals surface area contributed by atoms with Crippen molar-refractivity contribution in [1.29, 1.82) is 0 Å². The van der Waals surface area contributed by atoms with E-state index >= 15 is 4.39 Å². The minimum Gasteiger partial charge on any atom is -0.436 e. The van der Waals surface area contributed by atoms with Gasteiger partial charge in [-0.15, -0.1) is 0 Å². The zero-order valence-corrected chi connectivity index (χ0v) is 19.6. The molecule has 2 saturated carbocycles. The van der Waals surface area contributed by atoms with Crippen molar-refractivity contribution >= 4 is 35.1 Å². The Morgan fingerprint density at radius 2 is 2.08 bits per heavy atom. The first-order valence-electron chi connectivity index (χ1n) is 11.7. The van der Waals surface area contributed by atoms with E-state index in [0.717, 1.165) is 10.9 Å². The summed E-state index contributed by atoms with van der Waals surface area (Å²) < 4.78 is 64.3. The molecule has 192 valence electrons. The highest BCUT2D eigenvalue weighted by Gasteiger charge is 2.72. The number of nitrogens with one attached hydrogen (secondary N) is 1. The van der Waals surface area contributed by atoms with Crippen LogP contribution in [0.5, 0.6) is 0 Å². The number of alkyl halides is 3. The van der Waals surface area contributed by atoms with Crippen molar-refractivity contribution in [2.75, 3.05) is 24.1 Å². The number of hydrogen-bond donors (Lipinski definition) is 2. The first-order chi connectivity index (χ1) is 17.0. The number of anilines is 2. The fraction of sp³-hybridized carbons (Fsp3) is 0.522. The van der Waals surface area contributed by atoms with Crippen molar-refractivity contribution in [1.82, 2.24) is 14.7 Å². The molecule has 3 heterocycles. The van der Waals surface area contributed by atoms with Crippen LogP contribution in [-0.2, 0) is 15.9 Å². The Hall–Kier alpha value is -3.02. The molecule has 3 fully saturated rings. The van der Waals surface area contributed by atoms with Crippen LogP contribution < -0.4 is 11.1 Å². The molecule has 1 aromatic carbocycles. The Labute approximate surface area is 207 Å². The predicted molar refractivity (Wildman–Crippen MR) is 120 cm³/mol. The number of halogens is 5. The van der Waals surface area contributed by atoms with Crippen LogP contribution in [0.2, 0.25) is 5.02 Å². The van der Waals surface area contributed by atoms with Crippen molar-refractivity contribution in [3.63, 3.8) is 0 Å². The van der Waals surface area contributed by atoms with Gasteiger partial charge in [-0.3, -0.25) is 10.1 Å². The third-order valence-corrected chi connectivity index (χ3v) is 8.45. The highest BCUT2D eigenvalue weighted by Crippen LogP contribution is 2.66. The number of nitrogens with two attached hydrogens (primary N) is 1. The number of hydrogen-bond acceptors (Lipinski definition) is 5. The lowest BCUT2D eigenvalue weighted by molar-refractivity contribution is -0.223. The van der Waals surface area contributed by atoms with E-state index in [2.05, 4.69) is 10.4 Å². The number of nitrogens with zero attached hydrogens (tertiary/aromatic N) is 3. The van der Waals surface area contributed by atoms with Crippen LogP contribution in [-0.4, -0.2) is 45.9 Å². The molecule has 0 bridgehead atoms. The second-order valence-corrected chi connectivity index (χ2v) is 10.4. The minimum absolute atomic E-state index is 0.0206. The average molecular weight is 528 g/mol. The molecule has 1 saturated heterocycles. The molecule has 1 aromatic heterocycles. The Morgan fingerprint density at radius 3 is 2.75 bits per heavy atom. The van der Waals surface area contributed by atoms with Gasteiger partial charge in [0.05, 0.1) is 29.0 Å². The quantitative estimate of drug-likeness (QED) is 0.554. The number of nitrogen functional groups attached to an aromatic ring is 1. The van der Waals surface area contributed by atoms with Gasteiger partial charge in [-0.2, -0.15) is 18.3 Å². The van der Waals surface area contributed by atoms with E-state index in [1.165, 1.54) is 17.0 Å². The van der Waals surface area contributed by atoms with Gasteiger partial charge in [0, 0.05) is 6.54 Å². The van der Waals surface area contributed by atoms with Crippen molar-refractivity contribution < 1.29 is 31.9 Å². The molecule has 1 spiro atoms. The first kappa shape index (κ1) is 23.4. The third-order valence-electron chi connectivity index (χ3n) is 8.16. The fourth-order valence-corrected chi connectivity index (χ4v) is 6.59. The molecule has 2 unspecified atom stereocenters. The first-order valence-corrected chi connectivity index (χ1v) is 12.0. The van der Waals surface area contributed by atoms with E-state index in [1.54, 1.807) is 0 Å². The van der Waals surface area contributed by atoms with E-state index in [-0.39, 0.29) is 59.5 Å². The second-order valence-electron chi connectivity index (χ2n) is 10.0. The van der Waals surface area contributed by atoms with Crippen LogP contribution in [0.3, 0.4) is 0 Å². The van der Waals surface area contributed by atoms with Gasteiger partial charge in [0.25, 0.3) is 5.91 Å². The summed E-state index contributed by atoms with van der Waals surface area (Å²) in [6.07, 6.45) is -3.03. The minimum atomic E-state index is -4.58. The van der Waals surface area contributed by atoms with Crippen LogP contribution >= 0.6 is 11.6 Å². The molecule has 3 N–H and O–H groups in total. The van der Waals surface area contributed by atoms with Gasteiger partial charge in [0.1, 0.15) is 11.4 Å². The Bertz CT molecular complexity index is 1300. The van der Waals surface area contributed by atoms with E-state index in [4.69, 9.17) is 22.1 Å². The zero-order valence-electron chi connectivity index (χ0n) is 18.9. The number of fused-ring (bicyclic) bond motifs is 3. The normalized spacial score (nSPS) is 31.0. The zero-order chi connectivity index (χ0) is 25.6. The van der Waals surface area contributed by atoms with Gasteiger partial charge in [0.15, 0.2) is 17.0 Å². The lowest BCUT2D eigenvalue weighted by Gasteiger charge is -2.45. The van der Waals surface area contributed by atoms with E-state index < -0.39 is 41.1 Å². The number of amides is 2. The molecule has 2 amide bonds. The lowest BCUT2D eigenvalue weighted by atomic mass is 9.83. The maximum atomic E-state index is 15.1. The monoisotopic (exact) mass is 527 g/mol. The standard InChI is InChI=1S/C23H22ClF4N5O3/c24-14-2-3-15-16(17(14)25)21(36-20(35)31-15)5-1-7-32(10-21)19(34)12-9-30-33(18(12)29)22(23(26,27)28)6-4-11-8-13(11)22/h2-3,9,11,13H,1,4-8,10,29H2,(H,31,35)/t11-,13?,21+,22?/m1/s1. The van der Waals surface area contributed by atoms with Crippen LogP contribution in [0.25, 0.3) is 0 Å². The van der Waals surface area contributed by atoms with Gasteiger partial charge >= 0.3 is 12.3 Å². The molecule has 13 heteroatoms. The summed E-state index contributed by atoms with van der Waals surface area (Å²) in [5.74, 6) is -2.43. The number of benzene rings is 1. The summed E-state index contributed by atoms with van der Waals surface area (Å²) in [5.41, 5.74) is 2.44. The molecular weight excluding hydrogens is 506 g/mol. The van der Waals surface area contributed by atoms with Crippen molar-refractivity contribution in [2.45, 2.75) is 49.4 Å². The van der Waals surface area contributed by atoms with Crippen molar-refractivity contribution in [3.05, 3.63) is 40.3 Å². The summed E-state index contributed by atoms with van der Waals surface area (Å²) >= 11 is 5.99. The van der Waals surface area contributed by atoms with Crippen LogP contribution in [0.1, 0.15) is 48.0 Å². The van der Waals surface area contributed by atoms with Crippen LogP contribution in [0, 0.1) is 17.7 Å². The van der Waals surface area contributed by atoms with Gasteiger partial charge < -0.3 is 15.4 Å². The maximum Gasteiger partial charge on any atom is 0.414 e. The Morgan fingerprint density at radius 1 is 1.31 bits per heavy atom. The van der Waals surface area contributed by atoms with Crippen LogP contribution in [0.15, 0.2) is 18.3 Å². The second kappa shape index (κ2) is 7.50. The van der Waals surface area contributed by atoms with Gasteiger partial charge in [-0.25, -0.2) is 13.9 Å². The van der Waals surface area contributed by atoms with Crippen molar-refractivity contribution in [3.8, 4) is 0 Å². The summed E-state index contributed by atoms with van der Waals surface area (Å²) in [6.45, 7) is -0.00788. The molecule has 4 aliphatic rings. The van der Waals surface area contributed by atoms with Gasteiger partial charge in [-0.05, 0) is 56.1 Å². The number of likely N-dealkylation sites (tertiary alicyclic amines) is 1. The Kier molecular flexibility index (Phi) is 4.87. The van der Waals surface area contributed by atoms with Crippen molar-refractivity contribution in [2.24, 2.45) is 11.8 Å². The summed E-state index contributed by atoms with van der Waals surface area (Å²) in [4.78, 5) is 27.1. The van der Waals surface area contributed by atoms with Gasteiger partial charge in [0.2, 0.25) is 0 Å². The molecule has 2 aromatic rings. The number of piperidine rings is 1. The average Bonchev–Trinajstić information content (AvgIpc) is 3.34. The maximum absolute atomic E-state index is 15.1. The highest BCUT2D eigenvalue weighted by atomic mass is 35.5. The summed E-state index contributed by atoms with van der Waals surface area (Å²) in [7, 11) is 0. The number of ether oxygens (including phenoxy) is 1. The molecule has 2 aliphatic carbocycles. The summed E-state index contributed by atoms with van der Waals surface area (Å²) in [5, 5.41) is 6.23. The van der Waals surface area contributed by atoms with Gasteiger partial charge in [-0.1, -0.05) is 11.6 Å². The van der Waals surface area contributed by atoms with E-state index in [1.807, 2.05) is 0 Å². The van der Waals surface area contributed by atoms with Crippen LogP contribution in [0.4, 0.5) is 33.9 Å². The summed E-state index contributed by atoms with van der Waals surface area (Å²) in [6, 6.07) is 2.76. The molecule has 36 heavy (non-hydrogen) atoms. The smallest absolute Gasteiger partial charge is 0.414 e. The molecular formula is C23H22ClF4N5O3. The molecule has 4 atom stereocenters. The molecule has 6 rings (SSSR count). The van der Waals surface area contributed by atoms with E-state index in [9.17, 15) is 22.8 Å². The molecule has 0 radical (unpaired) electrons. The molecule has 2 aliphatic heterocycles. The van der Waals surface area contributed by atoms with E-state index in [0.29, 0.717) is 19.3 Å². The molecule has 8 nitrogen and oxygen atoms in total. The predicted octanol–water partition coefficient (Wildman–Crippen LogP) is 4.64. The fourth-order valence-electron chi connectivity index (χ4n) is 6.44. The number of rotatable bonds is 2. The number of aromatic nitrogens is 2. The SMILES string of the molecule is Nc1c(C(=O)N2CCC[C@@]3(C2)OC(=O)Nc2ccc(Cl)c(F)c23)cnn1C1(C(F)(F)F)CC[C@@H]2CC21. The lowest BCUT2D eigenvalue weighted by Crippen LogP contribution is -2.53. The topological polar surface area (TPSA) is 102 Å².